The van der Waals surface area contributed by atoms with Crippen molar-refractivity contribution in [2.24, 2.45) is 0 Å². The average Bonchev–Trinajstić information content (AvgIpc) is 3.28. The van der Waals surface area contributed by atoms with Gasteiger partial charge in [0, 0.05) is 22.0 Å². The number of carbonyl (C=O) groups is 1. The number of nitrogens with zero attached hydrogens (tertiary/aromatic N) is 3. The van der Waals surface area contributed by atoms with E-state index < -0.39 is 0 Å². The van der Waals surface area contributed by atoms with E-state index in [1.807, 2.05) is 66.9 Å². The summed E-state index contributed by atoms with van der Waals surface area (Å²) in [7, 11) is 0. The number of anilines is 1. The maximum atomic E-state index is 13.2. The number of hydrogen-bond acceptors (Lipinski definition) is 5. The summed E-state index contributed by atoms with van der Waals surface area (Å²) >= 11 is 1.60. The van der Waals surface area contributed by atoms with Gasteiger partial charge in [0.2, 0.25) is 0 Å². The summed E-state index contributed by atoms with van der Waals surface area (Å²) in [5, 5.41) is 11.4. The molecule has 0 spiro atoms. The fourth-order valence-corrected chi connectivity index (χ4v) is 4.30. The van der Waals surface area contributed by atoms with E-state index in [2.05, 4.69) is 15.4 Å². The first-order chi connectivity index (χ1) is 16.1. The summed E-state index contributed by atoms with van der Waals surface area (Å²) in [4.78, 5) is 30.7. The van der Waals surface area contributed by atoms with Gasteiger partial charge in [0.25, 0.3) is 11.5 Å². The lowest BCUT2D eigenvalue weighted by atomic mass is 10.1. The number of aromatic nitrogens is 3. The highest BCUT2D eigenvalue weighted by Gasteiger charge is 2.17. The molecule has 1 amide bonds. The lowest BCUT2D eigenvalue weighted by molar-refractivity contribution is 0.102. The van der Waals surface area contributed by atoms with E-state index in [4.69, 9.17) is 0 Å². The van der Waals surface area contributed by atoms with Crippen LogP contribution in [0.5, 0.6) is 0 Å². The lowest BCUT2D eigenvalue weighted by Crippen LogP contribution is -2.28. The largest absolute Gasteiger partial charge is 0.321 e. The number of thiazole rings is 1. The molecule has 2 heterocycles. The van der Waals surface area contributed by atoms with Crippen LogP contribution in [0.3, 0.4) is 0 Å². The molecular weight excluding hydrogens is 432 g/mol. The third kappa shape index (κ3) is 4.31. The van der Waals surface area contributed by atoms with E-state index in [9.17, 15) is 9.59 Å². The van der Waals surface area contributed by atoms with Gasteiger partial charge in [-0.05, 0) is 30.7 Å². The molecule has 0 aliphatic heterocycles. The van der Waals surface area contributed by atoms with Crippen molar-refractivity contribution in [3.05, 3.63) is 111 Å². The molecule has 0 radical (unpaired) electrons. The molecule has 6 nitrogen and oxygen atoms in total. The molecule has 3 aromatic carbocycles. The number of carbonyl (C=O) groups excluding carboxylic acids is 1. The van der Waals surface area contributed by atoms with Crippen molar-refractivity contribution >= 4 is 33.7 Å². The van der Waals surface area contributed by atoms with Crippen molar-refractivity contribution in [2.75, 3.05) is 5.32 Å². The Kier molecular flexibility index (Phi) is 5.54. The van der Waals surface area contributed by atoms with Gasteiger partial charge in [-0.2, -0.15) is 5.10 Å². The fourth-order valence-electron chi connectivity index (χ4n) is 3.68. The molecule has 2 aromatic heterocycles. The molecule has 0 unspecified atom stereocenters. The van der Waals surface area contributed by atoms with Gasteiger partial charge in [-0.15, -0.1) is 11.3 Å². The number of hydrogen-bond donors (Lipinski definition) is 1. The molecule has 0 aliphatic carbocycles. The van der Waals surface area contributed by atoms with Crippen LogP contribution in [0.15, 0.2) is 89.0 Å². The Balaban J connectivity index is 1.47. The van der Waals surface area contributed by atoms with E-state index in [0.29, 0.717) is 16.5 Å². The van der Waals surface area contributed by atoms with Gasteiger partial charge in [0.05, 0.1) is 22.6 Å². The zero-order valence-corrected chi connectivity index (χ0v) is 18.7. The Labute approximate surface area is 194 Å². The summed E-state index contributed by atoms with van der Waals surface area (Å²) in [5.74, 6) is -0.370. The molecule has 0 atom stereocenters. The van der Waals surface area contributed by atoms with Gasteiger partial charge in [-0.1, -0.05) is 60.7 Å². The standard InChI is InChI=1S/C26H20N4O2S/c1-17-27-23(16-33-17)19-11-13-20(14-12-19)28-25(31)24-21-9-5-6-10-22(21)26(32)30(29-24)15-18-7-3-2-4-8-18/h2-14,16H,15H2,1H3,(H,28,31). The van der Waals surface area contributed by atoms with Crippen LogP contribution in [0.2, 0.25) is 0 Å². The summed E-state index contributed by atoms with van der Waals surface area (Å²) in [5.41, 5.74) is 3.45. The van der Waals surface area contributed by atoms with E-state index in [0.717, 1.165) is 21.8 Å². The predicted molar refractivity (Wildman–Crippen MR) is 132 cm³/mol. The third-order valence-electron chi connectivity index (χ3n) is 5.32. The SMILES string of the molecule is Cc1nc(-c2ccc(NC(=O)c3nn(Cc4ccccc4)c(=O)c4ccccc34)cc2)cs1. The maximum Gasteiger partial charge on any atom is 0.276 e. The zero-order valence-electron chi connectivity index (χ0n) is 17.9. The van der Waals surface area contributed by atoms with Crippen LogP contribution in [-0.4, -0.2) is 20.7 Å². The van der Waals surface area contributed by atoms with E-state index in [-0.39, 0.29) is 23.7 Å². The number of amides is 1. The number of fused-ring (bicyclic) bond motifs is 1. The fraction of sp³-hybridized carbons (Fsp3) is 0.0769. The minimum absolute atomic E-state index is 0.209. The molecule has 33 heavy (non-hydrogen) atoms. The third-order valence-corrected chi connectivity index (χ3v) is 6.09. The lowest BCUT2D eigenvalue weighted by Gasteiger charge is -2.12. The van der Waals surface area contributed by atoms with Crippen molar-refractivity contribution in [3.63, 3.8) is 0 Å². The molecule has 0 saturated carbocycles. The minimum atomic E-state index is -0.370. The van der Waals surface area contributed by atoms with Gasteiger partial charge in [0.15, 0.2) is 5.69 Å². The molecule has 0 aliphatic rings. The van der Waals surface area contributed by atoms with Crippen molar-refractivity contribution in [2.45, 2.75) is 13.5 Å². The molecule has 7 heteroatoms. The summed E-state index contributed by atoms with van der Waals surface area (Å²) in [6.07, 6.45) is 0. The molecule has 1 N–H and O–H groups in total. The van der Waals surface area contributed by atoms with Crippen LogP contribution in [0, 0.1) is 6.92 Å². The topological polar surface area (TPSA) is 76.9 Å². The zero-order chi connectivity index (χ0) is 22.8. The molecular formula is C26H20N4O2S. The van der Waals surface area contributed by atoms with Crippen LogP contribution in [0.4, 0.5) is 5.69 Å². The molecule has 5 aromatic rings. The van der Waals surface area contributed by atoms with Gasteiger partial charge in [-0.3, -0.25) is 9.59 Å². The van der Waals surface area contributed by atoms with Crippen molar-refractivity contribution < 1.29 is 4.79 Å². The summed E-state index contributed by atoms with van der Waals surface area (Å²) in [6, 6.07) is 24.2. The normalized spacial score (nSPS) is 10.9. The van der Waals surface area contributed by atoms with Crippen molar-refractivity contribution in [1.82, 2.24) is 14.8 Å². The quantitative estimate of drug-likeness (QED) is 0.401. The molecule has 0 bridgehead atoms. The Morgan fingerprint density at radius 1 is 0.939 bits per heavy atom. The summed E-state index contributed by atoms with van der Waals surface area (Å²) in [6.45, 7) is 2.25. The highest BCUT2D eigenvalue weighted by atomic mass is 32.1. The van der Waals surface area contributed by atoms with Crippen LogP contribution >= 0.6 is 11.3 Å². The van der Waals surface area contributed by atoms with E-state index in [1.54, 1.807) is 35.6 Å². The average molecular weight is 453 g/mol. The van der Waals surface area contributed by atoms with Crippen molar-refractivity contribution in [3.8, 4) is 11.3 Å². The second kappa shape index (κ2) is 8.80. The predicted octanol–water partition coefficient (Wildman–Crippen LogP) is 5.13. The number of benzene rings is 3. The second-order valence-corrected chi connectivity index (χ2v) is 8.69. The van der Waals surface area contributed by atoms with Gasteiger partial charge in [0.1, 0.15) is 0 Å². The Bertz CT molecular complexity index is 1510. The minimum Gasteiger partial charge on any atom is -0.321 e. The Morgan fingerprint density at radius 2 is 1.64 bits per heavy atom. The Morgan fingerprint density at radius 3 is 2.33 bits per heavy atom. The first kappa shape index (κ1) is 20.8. The van der Waals surface area contributed by atoms with Crippen LogP contribution in [0.1, 0.15) is 21.1 Å². The Hall–Kier alpha value is -4.10. The molecule has 0 saturated heterocycles. The highest BCUT2D eigenvalue weighted by molar-refractivity contribution is 7.09. The van der Waals surface area contributed by atoms with Crippen LogP contribution < -0.4 is 10.9 Å². The number of aryl methyl sites for hydroxylation is 1. The monoisotopic (exact) mass is 452 g/mol. The van der Waals surface area contributed by atoms with E-state index in [1.165, 1.54) is 4.68 Å². The highest BCUT2D eigenvalue weighted by Crippen LogP contribution is 2.23. The van der Waals surface area contributed by atoms with Gasteiger partial charge < -0.3 is 5.32 Å². The first-order valence-electron chi connectivity index (χ1n) is 10.5. The van der Waals surface area contributed by atoms with Crippen molar-refractivity contribution in [1.29, 1.82) is 0 Å². The number of nitrogens with one attached hydrogen (secondary N) is 1. The van der Waals surface area contributed by atoms with Crippen LogP contribution in [-0.2, 0) is 6.54 Å². The second-order valence-electron chi connectivity index (χ2n) is 7.63. The molecule has 0 fully saturated rings. The maximum absolute atomic E-state index is 13.2. The molecule has 5 rings (SSSR count). The van der Waals surface area contributed by atoms with E-state index >= 15 is 0 Å². The molecule has 162 valence electrons. The number of rotatable bonds is 5. The first-order valence-corrected chi connectivity index (χ1v) is 11.3. The smallest absolute Gasteiger partial charge is 0.276 e. The summed E-state index contributed by atoms with van der Waals surface area (Å²) < 4.78 is 1.35. The van der Waals surface area contributed by atoms with Crippen LogP contribution in [0.25, 0.3) is 22.0 Å². The van der Waals surface area contributed by atoms with Gasteiger partial charge in [-0.25, -0.2) is 9.67 Å². The van der Waals surface area contributed by atoms with Gasteiger partial charge >= 0.3 is 0 Å².